The average molecular weight is 220 g/mol. The predicted molar refractivity (Wildman–Crippen MR) is 57.8 cm³/mol. The van der Waals surface area contributed by atoms with Crippen molar-refractivity contribution in [3.8, 4) is 0 Å². The first kappa shape index (κ1) is 10.4. The first-order valence-electron chi connectivity index (χ1n) is 4.59. The molecule has 0 spiro atoms. The number of aryl methyl sites for hydroxylation is 1. The Kier molecular flexibility index (Phi) is 2.23. The van der Waals surface area contributed by atoms with Gasteiger partial charge in [0, 0.05) is 11.1 Å². The third-order valence-electron chi connectivity index (χ3n) is 2.35. The minimum absolute atomic E-state index is 0.00241. The van der Waals surface area contributed by atoms with E-state index in [1.54, 1.807) is 6.92 Å². The number of anilines is 1. The topological polar surface area (TPSA) is 76.2 Å². The van der Waals surface area contributed by atoms with Crippen molar-refractivity contribution in [3.05, 3.63) is 35.3 Å². The fourth-order valence-corrected chi connectivity index (χ4v) is 1.54. The number of hydrogen-bond donors (Lipinski definition) is 2. The average Bonchev–Trinajstić information content (AvgIpc) is 2.25. The number of rotatable bonds is 1. The fourth-order valence-electron chi connectivity index (χ4n) is 1.54. The highest BCUT2D eigenvalue weighted by Gasteiger charge is 2.12. The van der Waals surface area contributed by atoms with Crippen molar-refractivity contribution in [1.29, 1.82) is 0 Å². The lowest BCUT2D eigenvalue weighted by atomic mass is 10.1. The maximum atomic E-state index is 13.7. The zero-order valence-electron chi connectivity index (χ0n) is 8.49. The molecule has 0 saturated carbocycles. The monoisotopic (exact) mass is 220 g/mol. The molecule has 4 nitrogen and oxygen atoms in total. The van der Waals surface area contributed by atoms with Crippen LogP contribution in [-0.2, 0) is 0 Å². The number of pyridine rings is 1. The summed E-state index contributed by atoms with van der Waals surface area (Å²) in [5.74, 6) is -1.73. The fraction of sp³-hybridized carbons (Fsp3) is 0.0909. The number of carboxylic acid groups (broad SMARTS) is 1. The van der Waals surface area contributed by atoms with Gasteiger partial charge in [-0.2, -0.15) is 0 Å². The van der Waals surface area contributed by atoms with Crippen LogP contribution in [0.2, 0.25) is 0 Å². The van der Waals surface area contributed by atoms with Crippen LogP contribution in [0.4, 0.5) is 10.1 Å². The highest BCUT2D eigenvalue weighted by Crippen LogP contribution is 2.25. The van der Waals surface area contributed by atoms with Gasteiger partial charge in [0.15, 0.2) is 5.82 Å². The molecule has 0 aliphatic carbocycles. The number of hydrogen-bond acceptors (Lipinski definition) is 3. The summed E-state index contributed by atoms with van der Waals surface area (Å²) in [7, 11) is 0. The summed E-state index contributed by atoms with van der Waals surface area (Å²) < 4.78 is 13.7. The van der Waals surface area contributed by atoms with Gasteiger partial charge in [-0.25, -0.2) is 14.2 Å². The van der Waals surface area contributed by atoms with E-state index in [0.29, 0.717) is 16.6 Å². The summed E-state index contributed by atoms with van der Waals surface area (Å²) >= 11 is 0. The Labute approximate surface area is 90.5 Å². The SMILES string of the molecule is Cc1cc(N)c2ccc(C(=O)O)nc2c1F. The Morgan fingerprint density at radius 3 is 2.81 bits per heavy atom. The third kappa shape index (κ3) is 1.46. The standard InChI is InChI=1S/C11H9FN2O2/c1-5-4-7(13)6-2-3-8(11(15)16)14-10(6)9(5)12/h2-4H,13H2,1H3,(H,15,16). The lowest BCUT2D eigenvalue weighted by Gasteiger charge is -2.06. The van der Waals surface area contributed by atoms with Gasteiger partial charge in [-0.05, 0) is 30.7 Å². The maximum Gasteiger partial charge on any atom is 0.354 e. The molecule has 0 amide bonds. The quantitative estimate of drug-likeness (QED) is 0.720. The molecule has 0 unspecified atom stereocenters. The highest BCUT2D eigenvalue weighted by molar-refractivity contribution is 5.95. The summed E-state index contributed by atoms with van der Waals surface area (Å²) in [4.78, 5) is 14.5. The van der Waals surface area contributed by atoms with Crippen molar-refractivity contribution in [2.45, 2.75) is 6.92 Å². The number of aromatic nitrogens is 1. The molecule has 1 aromatic heterocycles. The first-order chi connectivity index (χ1) is 7.50. The minimum Gasteiger partial charge on any atom is -0.477 e. The van der Waals surface area contributed by atoms with Crippen molar-refractivity contribution < 1.29 is 14.3 Å². The van der Waals surface area contributed by atoms with Gasteiger partial charge in [0.25, 0.3) is 0 Å². The van der Waals surface area contributed by atoms with Gasteiger partial charge >= 0.3 is 5.97 Å². The van der Waals surface area contributed by atoms with Gasteiger partial charge in [-0.15, -0.1) is 0 Å². The van der Waals surface area contributed by atoms with Crippen LogP contribution in [0.5, 0.6) is 0 Å². The number of carbonyl (C=O) groups is 1. The minimum atomic E-state index is -1.19. The summed E-state index contributed by atoms with van der Waals surface area (Å²) in [6.45, 7) is 1.56. The van der Waals surface area contributed by atoms with Gasteiger partial charge in [0.2, 0.25) is 0 Å². The van der Waals surface area contributed by atoms with E-state index in [2.05, 4.69) is 4.98 Å². The lowest BCUT2D eigenvalue weighted by molar-refractivity contribution is 0.0691. The molecular weight excluding hydrogens is 211 g/mol. The van der Waals surface area contributed by atoms with Gasteiger partial charge in [0.1, 0.15) is 11.2 Å². The number of aromatic carboxylic acids is 1. The number of carboxylic acids is 1. The zero-order valence-corrected chi connectivity index (χ0v) is 8.49. The van der Waals surface area contributed by atoms with E-state index >= 15 is 0 Å². The zero-order chi connectivity index (χ0) is 11.9. The molecule has 3 N–H and O–H groups in total. The third-order valence-corrected chi connectivity index (χ3v) is 2.35. The van der Waals surface area contributed by atoms with E-state index in [9.17, 15) is 9.18 Å². The predicted octanol–water partition coefficient (Wildman–Crippen LogP) is 1.96. The molecule has 0 fully saturated rings. The number of nitrogens with zero attached hydrogens (tertiary/aromatic N) is 1. The van der Waals surface area contributed by atoms with E-state index in [4.69, 9.17) is 10.8 Å². The number of halogens is 1. The summed E-state index contributed by atoms with van der Waals surface area (Å²) in [6.07, 6.45) is 0. The Hall–Kier alpha value is -2.17. The van der Waals surface area contributed by atoms with E-state index in [1.165, 1.54) is 18.2 Å². The summed E-state index contributed by atoms with van der Waals surface area (Å²) in [6, 6.07) is 4.26. The molecule has 5 heteroatoms. The van der Waals surface area contributed by atoms with Crippen molar-refractivity contribution in [2.24, 2.45) is 0 Å². The van der Waals surface area contributed by atoms with Gasteiger partial charge < -0.3 is 10.8 Å². The Morgan fingerprint density at radius 2 is 2.19 bits per heavy atom. The normalized spacial score (nSPS) is 10.6. The second-order valence-corrected chi connectivity index (χ2v) is 3.49. The van der Waals surface area contributed by atoms with E-state index in [0.717, 1.165) is 0 Å². The van der Waals surface area contributed by atoms with E-state index in [-0.39, 0.29) is 11.2 Å². The molecule has 0 atom stereocenters. The Bertz CT molecular complexity index is 596. The van der Waals surface area contributed by atoms with Gasteiger partial charge in [0.05, 0.1) is 0 Å². The summed E-state index contributed by atoms with van der Waals surface area (Å²) in [5, 5.41) is 9.18. The molecule has 0 bridgehead atoms. The van der Waals surface area contributed by atoms with Gasteiger partial charge in [-0.1, -0.05) is 0 Å². The molecule has 1 aromatic carbocycles. The van der Waals surface area contributed by atoms with Crippen LogP contribution in [0.15, 0.2) is 18.2 Å². The molecule has 2 rings (SSSR count). The van der Waals surface area contributed by atoms with Gasteiger partial charge in [-0.3, -0.25) is 0 Å². The molecule has 0 saturated heterocycles. The first-order valence-corrected chi connectivity index (χ1v) is 4.59. The molecule has 82 valence electrons. The van der Waals surface area contributed by atoms with Crippen LogP contribution in [0.25, 0.3) is 10.9 Å². The van der Waals surface area contributed by atoms with E-state index < -0.39 is 11.8 Å². The molecule has 0 aliphatic heterocycles. The van der Waals surface area contributed by atoms with Crippen molar-refractivity contribution >= 4 is 22.6 Å². The Balaban J connectivity index is 2.86. The van der Waals surface area contributed by atoms with Crippen molar-refractivity contribution in [1.82, 2.24) is 4.98 Å². The molecule has 0 radical (unpaired) electrons. The number of fused-ring (bicyclic) bond motifs is 1. The number of nitrogen functional groups attached to an aromatic ring is 1. The highest BCUT2D eigenvalue weighted by atomic mass is 19.1. The maximum absolute atomic E-state index is 13.7. The van der Waals surface area contributed by atoms with Crippen LogP contribution >= 0.6 is 0 Å². The smallest absolute Gasteiger partial charge is 0.354 e. The Morgan fingerprint density at radius 1 is 1.50 bits per heavy atom. The van der Waals surface area contributed by atoms with Crippen LogP contribution in [0.1, 0.15) is 16.1 Å². The largest absolute Gasteiger partial charge is 0.477 e. The van der Waals surface area contributed by atoms with Crippen LogP contribution in [0, 0.1) is 12.7 Å². The molecule has 1 heterocycles. The van der Waals surface area contributed by atoms with Crippen molar-refractivity contribution in [3.63, 3.8) is 0 Å². The second kappa shape index (κ2) is 3.44. The lowest BCUT2D eigenvalue weighted by Crippen LogP contribution is -2.02. The molecule has 16 heavy (non-hydrogen) atoms. The van der Waals surface area contributed by atoms with Crippen LogP contribution < -0.4 is 5.73 Å². The van der Waals surface area contributed by atoms with Crippen LogP contribution in [-0.4, -0.2) is 16.1 Å². The molecule has 0 aliphatic rings. The van der Waals surface area contributed by atoms with Crippen molar-refractivity contribution in [2.75, 3.05) is 5.73 Å². The second-order valence-electron chi connectivity index (χ2n) is 3.49. The van der Waals surface area contributed by atoms with E-state index in [1.807, 2.05) is 0 Å². The molecular formula is C11H9FN2O2. The number of benzene rings is 1. The number of nitrogens with two attached hydrogens (primary N) is 1. The van der Waals surface area contributed by atoms with Crippen LogP contribution in [0.3, 0.4) is 0 Å². The summed E-state index contributed by atoms with van der Waals surface area (Å²) in [5.41, 5.74) is 6.23. The molecule has 2 aromatic rings.